The molecule has 110 valence electrons. The lowest BCUT2D eigenvalue weighted by Gasteiger charge is -2.14. The molecular formula is C14H11ClFNO4. The number of nitrogens with zero attached hydrogens (tertiary/aromatic N) is 1. The van der Waals surface area contributed by atoms with Gasteiger partial charge in [0, 0.05) is 11.6 Å². The number of hydrogen-bond donors (Lipinski definition) is 1. The van der Waals surface area contributed by atoms with E-state index in [0.29, 0.717) is 0 Å². The highest BCUT2D eigenvalue weighted by molar-refractivity contribution is 6.32. The molecule has 2 rings (SSSR count). The van der Waals surface area contributed by atoms with Crippen molar-refractivity contribution >= 4 is 17.3 Å². The number of nitro groups is 1. The van der Waals surface area contributed by atoms with E-state index in [0.717, 1.165) is 6.07 Å². The highest BCUT2D eigenvalue weighted by atomic mass is 35.5. The molecule has 0 heterocycles. The van der Waals surface area contributed by atoms with Crippen LogP contribution >= 0.6 is 11.6 Å². The second-order valence-electron chi connectivity index (χ2n) is 4.28. The normalized spacial score (nSPS) is 12.0. The highest BCUT2D eigenvalue weighted by Crippen LogP contribution is 2.40. The van der Waals surface area contributed by atoms with Crippen LogP contribution in [-0.4, -0.2) is 10.0 Å². The predicted molar refractivity (Wildman–Crippen MR) is 75.2 cm³/mol. The lowest BCUT2D eigenvalue weighted by Crippen LogP contribution is -2.01. The number of nitro benzene ring substituents is 1. The van der Waals surface area contributed by atoms with E-state index in [1.54, 1.807) is 0 Å². The number of benzene rings is 2. The molecule has 0 bridgehead atoms. The first-order valence-electron chi connectivity index (χ1n) is 5.99. The molecule has 0 aliphatic heterocycles. The van der Waals surface area contributed by atoms with E-state index in [2.05, 4.69) is 0 Å². The van der Waals surface area contributed by atoms with Gasteiger partial charge in [0.15, 0.2) is 11.6 Å². The summed E-state index contributed by atoms with van der Waals surface area (Å²) in [6, 6.07) is 7.99. The topological polar surface area (TPSA) is 72.6 Å². The molecule has 0 aliphatic rings. The molecule has 1 N–H and O–H groups in total. The van der Waals surface area contributed by atoms with Crippen molar-refractivity contribution in [3.63, 3.8) is 0 Å². The Bertz CT molecular complexity index is 691. The molecule has 0 aliphatic carbocycles. The van der Waals surface area contributed by atoms with Gasteiger partial charge in [-0.05, 0) is 19.1 Å². The molecular weight excluding hydrogens is 301 g/mol. The third-order valence-corrected chi connectivity index (χ3v) is 3.09. The first kappa shape index (κ1) is 15.2. The lowest BCUT2D eigenvalue weighted by atomic mass is 10.1. The Balaban J connectivity index is 2.56. The summed E-state index contributed by atoms with van der Waals surface area (Å²) in [6.45, 7) is 1.43. The molecule has 0 fully saturated rings. The molecule has 0 spiro atoms. The Kier molecular flexibility index (Phi) is 4.40. The molecule has 0 amide bonds. The molecule has 2 aromatic rings. The van der Waals surface area contributed by atoms with E-state index in [4.69, 9.17) is 16.3 Å². The van der Waals surface area contributed by atoms with Gasteiger partial charge in [-0.3, -0.25) is 10.1 Å². The third-order valence-electron chi connectivity index (χ3n) is 2.79. The van der Waals surface area contributed by atoms with Crippen molar-refractivity contribution in [2.24, 2.45) is 0 Å². The van der Waals surface area contributed by atoms with E-state index in [9.17, 15) is 19.6 Å². The zero-order valence-corrected chi connectivity index (χ0v) is 11.7. The van der Waals surface area contributed by atoms with Gasteiger partial charge in [0.1, 0.15) is 0 Å². The van der Waals surface area contributed by atoms with Crippen LogP contribution in [0.1, 0.15) is 18.6 Å². The van der Waals surface area contributed by atoms with Crippen molar-refractivity contribution in [2.45, 2.75) is 13.0 Å². The van der Waals surface area contributed by atoms with E-state index in [1.165, 1.54) is 37.3 Å². The maximum atomic E-state index is 13.9. The van der Waals surface area contributed by atoms with Crippen LogP contribution in [0.15, 0.2) is 36.4 Å². The van der Waals surface area contributed by atoms with Gasteiger partial charge >= 0.3 is 5.69 Å². The van der Waals surface area contributed by atoms with Crippen LogP contribution in [0, 0.1) is 15.9 Å². The summed E-state index contributed by atoms with van der Waals surface area (Å²) in [7, 11) is 0. The maximum Gasteiger partial charge on any atom is 0.313 e. The zero-order valence-electron chi connectivity index (χ0n) is 10.9. The van der Waals surface area contributed by atoms with Crippen LogP contribution < -0.4 is 4.74 Å². The van der Waals surface area contributed by atoms with Crippen molar-refractivity contribution in [3.05, 3.63) is 62.9 Å². The van der Waals surface area contributed by atoms with Crippen LogP contribution in [0.5, 0.6) is 11.5 Å². The molecule has 1 unspecified atom stereocenters. The molecule has 0 aromatic heterocycles. The zero-order chi connectivity index (χ0) is 15.6. The van der Waals surface area contributed by atoms with Gasteiger partial charge in [0.05, 0.1) is 16.0 Å². The number of hydrogen-bond acceptors (Lipinski definition) is 4. The van der Waals surface area contributed by atoms with E-state index >= 15 is 0 Å². The highest BCUT2D eigenvalue weighted by Gasteiger charge is 2.22. The third kappa shape index (κ3) is 3.12. The average Bonchev–Trinajstić information content (AvgIpc) is 2.42. The first-order chi connectivity index (χ1) is 9.91. The molecule has 2 aromatic carbocycles. The minimum atomic E-state index is -1.00. The van der Waals surface area contributed by atoms with Crippen molar-refractivity contribution in [2.75, 3.05) is 0 Å². The predicted octanol–water partition coefficient (Wildman–Crippen LogP) is 4.23. The van der Waals surface area contributed by atoms with Crippen LogP contribution in [0.2, 0.25) is 5.02 Å². The molecule has 0 radical (unpaired) electrons. The number of ether oxygens (including phenoxy) is 1. The van der Waals surface area contributed by atoms with Crippen LogP contribution in [0.4, 0.5) is 10.1 Å². The fraction of sp³-hybridized carbons (Fsp3) is 0.143. The minimum Gasteiger partial charge on any atom is -0.445 e. The van der Waals surface area contributed by atoms with Gasteiger partial charge in [-0.1, -0.05) is 29.8 Å². The van der Waals surface area contributed by atoms with Crippen molar-refractivity contribution in [1.29, 1.82) is 0 Å². The first-order valence-corrected chi connectivity index (χ1v) is 6.37. The minimum absolute atomic E-state index is 0.0241. The smallest absolute Gasteiger partial charge is 0.313 e. The Labute approximate surface area is 124 Å². The fourth-order valence-corrected chi connectivity index (χ4v) is 2.01. The Morgan fingerprint density at radius 2 is 1.95 bits per heavy atom. The summed E-state index contributed by atoms with van der Waals surface area (Å²) in [6.07, 6.45) is -1.00. The fourth-order valence-electron chi connectivity index (χ4n) is 1.81. The molecule has 0 saturated carbocycles. The van der Waals surface area contributed by atoms with E-state index in [-0.39, 0.29) is 27.8 Å². The quantitative estimate of drug-likeness (QED) is 0.677. The monoisotopic (exact) mass is 311 g/mol. The van der Waals surface area contributed by atoms with Gasteiger partial charge in [-0.2, -0.15) is 0 Å². The number of para-hydroxylation sites is 2. The Morgan fingerprint density at radius 3 is 2.57 bits per heavy atom. The lowest BCUT2D eigenvalue weighted by molar-refractivity contribution is -0.385. The summed E-state index contributed by atoms with van der Waals surface area (Å²) >= 11 is 5.89. The Hall–Kier alpha value is -2.18. The van der Waals surface area contributed by atoms with E-state index in [1.807, 2.05) is 0 Å². The summed E-state index contributed by atoms with van der Waals surface area (Å²) in [5, 5.41) is 20.6. The summed E-state index contributed by atoms with van der Waals surface area (Å²) < 4.78 is 19.2. The molecule has 21 heavy (non-hydrogen) atoms. The van der Waals surface area contributed by atoms with Crippen LogP contribution in [0.3, 0.4) is 0 Å². The second kappa shape index (κ2) is 6.07. The number of aliphatic hydroxyl groups is 1. The molecule has 1 atom stereocenters. The SMILES string of the molecule is CC(O)c1cccc(F)c1Oc1c(Cl)cccc1[N+](=O)[O-]. The number of halogens is 2. The summed E-state index contributed by atoms with van der Waals surface area (Å²) in [5.41, 5.74) is -0.216. The van der Waals surface area contributed by atoms with Gasteiger partial charge in [-0.25, -0.2) is 4.39 Å². The standard InChI is InChI=1S/C14H11ClFNO4/c1-8(18)9-4-2-6-11(16)13(9)21-14-10(15)5-3-7-12(14)17(19)20/h2-8,18H,1H3. The number of aliphatic hydroxyl groups excluding tert-OH is 1. The van der Waals surface area contributed by atoms with Gasteiger partial charge < -0.3 is 9.84 Å². The van der Waals surface area contributed by atoms with E-state index < -0.39 is 16.8 Å². The second-order valence-corrected chi connectivity index (χ2v) is 4.69. The summed E-state index contributed by atoms with van der Waals surface area (Å²) in [5.74, 6) is -1.30. The van der Waals surface area contributed by atoms with Crippen molar-refractivity contribution in [1.82, 2.24) is 0 Å². The molecule has 7 heteroatoms. The van der Waals surface area contributed by atoms with Crippen molar-refractivity contribution in [3.8, 4) is 11.5 Å². The van der Waals surface area contributed by atoms with Crippen LogP contribution in [0.25, 0.3) is 0 Å². The summed E-state index contributed by atoms with van der Waals surface area (Å²) in [4.78, 5) is 10.3. The molecule has 0 saturated heterocycles. The number of rotatable bonds is 4. The average molecular weight is 312 g/mol. The van der Waals surface area contributed by atoms with Gasteiger partial charge in [0.2, 0.25) is 5.75 Å². The van der Waals surface area contributed by atoms with Gasteiger partial charge in [-0.15, -0.1) is 0 Å². The van der Waals surface area contributed by atoms with Gasteiger partial charge in [0.25, 0.3) is 0 Å². The van der Waals surface area contributed by atoms with Crippen LogP contribution in [-0.2, 0) is 0 Å². The Morgan fingerprint density at radius 1 is 1.29 bits per heavy atom. The molecule has 5 nitrogen and oxygen atoms in total. The maximum absolute atomic E-state index is 13.9. The largest absolute Gasteiger partial charge is 0.445 e. The van der Waals surface area contributed by atoms with Crippen molar-refractivity contribution < 1.29 is 19.2 Å².